The summed E-state index contributed by atoms with van der Waals surface area (Å²) in [7, 11) is 0. The van der Waals surface area contributed by atoms with E-state index in [-0.39, 0.29) is 11.8 Å². The first kappa shape index (κ1) is 17.8. The minimum absolute atomic E-state index is 0.104. The lowest BCUT2D eigenvalue weighted by molar-refractivity contribution is -0.122. The summed E-state index contributed by atoms with van der Waals surface area (Å²) in [5.41, 5.74) is 2.18. The minimum Gasteiger partial charge on any atom is -0.494 e. The summed E-state index contributed by atoms with van der Waals surface area (Å²) in [5, 5.41) is 5.62. The zero-order valence-electron chi connectivity index (χ0n) is 14.9. The second-order valence-electron chi connectivity index (χ2n) is 6.05. The SMILES string of the molecule is CCOc1ccccc1CCC(=O)Nc1ccc2c(c1)NC(=O)[C@@H](C)O2. The van der Waals surface area contributed by atoms with Crippen molar-refractivity contribution in [3.63, 3.8) is 0 Å². The van der Waals surface area contributed by atoms with Crippen LogP contribution in [0.25, 0.3) is 0 Å². The molecule has 1 heterocycles. The quantitative estimate of drug-likeness (QED) is 0.834. The van der Waals surface area contributed by atoms with Gasteiger partial charge in [0.25, 0.3) is 5.91 Å². The van der Waals surface area contributed by atoms with Gasteiger partial charge in [0.2, 0.25) is 5.91 Å². The van der Waals surface area contributed by atoms with Crippen molar-refractivity contribution in [2.45, 2.75) is 32.8 Å². The Morgan fingerprint density at radius 1 is 1.27 bits per heavy atom. The molecule has 0 saturated carbocycles. The normalized spacial score (nSPS) is 15.5. The molecule has 0 unspecified atom stereocenters. The van der Waals surface area contributed by atoms with E-state index < -0.39 is 6.10 Å². The molecule has 136 valence electrons. The fourth-order valence-corrected chi connectivity index (χ4v) is 2.76. The monoisotopic (exact) mass is 354 g/mol. The van der Waals surface area contributed by atoms with Crippen LogP contribution in [0.5, 0.6) is 11.5 Å². The predicted molar refractivity (Wildman–Crippen MR) is 99.7 cm³/mol. The maximum absolute atomic E-state index is 12.3. The van der Waals surface area contributed by atoms with E-state index in [1.165, 1.54) is 0 Å². The molecule has 3 rings (SSSR count). The van der Waals surface area contributed by atoms with Crippen LogP contribution < -0.4 is 20.1 Å². The first-order valence-electron chi connectivity index (χ1n) is 8.69. The van der Waals surface area contributed by atoms with E-state index in [4.69, 9.17) is 9.47 Å². The second kappa shape index (κ2) is 7.91. The van der Waals surface area contributed by atoms with Crippen molar-refractivity contribution in [1.29, 1.82) is 0 Å². The number of anilines is 2. The van der Waals surface area contributed by atoms with Crippen molar-refractivity contribution in [2.24, 2.45) is 0 Å². The van der Waals surface area contributed by atoms with E-state index in [1.54, 1.807) is 25.1 Å². The van der Waals surface area contributed by atoms with E-state index in [9.17, 15) is 9.59 Å². The van der Waals surface area contributed by atoms with E-state index in [0.717, 1.165) is 11.3 Å². The molecular weight excluding hydrogens is 332 g/mol. The molecule has 6 heteroatoms. The zero-order valence-corrected chi connectivity index (χ0v) is 14.9. The molecule has 26 heavy (non-hydrogen) atoms. The van der Waals surface area contributed by atoms with Crippen LogP contribution in [0.2, 0.25) is 0 Å². The number of nitrogens with one attached hydrogen (secondary N) is 2. The minimum atomic E-state index is -0.520. The highest BCUT2D eigenvalue weighted by Gasteiger charge is 2.23. The van der Waals surface area contributed by atoms with Gasteiger partial charge in [-0.2, -0.15) is 0 Å². The second-order valence-corrected chi connectivity index (χ2v) is 6.05. The number of para-hydroxylation sites is 1. The lowest BCUT2D eigenvalue weighted by Crippen LogP contribution is -2.34. The highest BCUT2D eigenvalue weighted by Crippen LogP contribution is 2.32. The van der Waals surface area contributed by atoms with E-state index >= 15 is 0 Å². The van der Waals surface area contributed by atoms with Crippen LogP contribution >= 0.6 is 0 Å². The molecule has 0 aliphatic carbocycles. The number of fused-ring (bicyclic) bond motifs is 1. The molecule has 6 nitrogen and oxygen atoms in total. The standard InChI is InChI=1S/C20H22N2O4/c1-3-25-17-7-5-4-6-14(17)8-11-19(23)21-15-9-10-18-16(12-15)22-20(24)13(2)26-18/h4-7,9-10,12-13H,3,8,11H2,1-2H3,(H,21,23)(H,22,24)/t13-/m1/s1. The van der Waals surface area contributed by atoms with E-state index in [0.29, 0.717) is 36.6 Å². The van der Waals surface area contributed by atoms with Crippen molar-refractivity contribution in [2.75, 3.05) is 17.2 Å². The number of aryl methyl sites for hydroxylation is 1. The van der Waals surface area contributed by atoms with Crippen LogP contribution in [0.1, 0.15) is 25.8 Å². The molecule has 0 aromatic heterocycles. The smallest absolute Gasteiger partial charge is 0.265 e. The van der Waals surface area contributed by atoms with Gasteiger partial charge in [-0.15, -0.1) is 0 Å². The molecule has 1 atom stereocenters. The van der Waals surface area contributed by atoms with Gasteiger partial charge in [-0.1, -0.05) is 18.2 Å². The fraction of sp³-hybridized carbons (Fsp3) is 0.300. The molecule has 0 bridgehead atoms. The Morgan fingerprint density at radius 3 is 2.88 bits per heavy atom. The zero-order chi connectivity index (χ0) is 18.5. The highest BCUT2D eigenvalue weighted by molar-refractivity contribution is 5.99. The maximum Gasteiger partial charge on any atom is 0.265 e. The summed E-state index contributed by atoms with van der Waals surface area (Å²) < 4.78 is 11.1. The molecule has 0 saturated heterocycles. The molecule has 0 spiro atoms. The maximum atomic E-state index is 12.3. The van der Waals surface area contributed by atoms with E-state index in [2.05, 4.69) is 10.6 Å². The third kappa shape index (κ3) is 4.14. The van der Waals surface area contributed by atoms with Crippen LogP contribution in [0.4, 0.5) is 11.4 Å². The predicted octanol–water partition coefficient (Wildman–Crippen LogP) is 3.38. The Labute approximate surface area is 152 Å². The Bertz CT molecular complexity index is 819. The van der Waals surface area contributed by atoms with E-state index in [1.807, 2.05) is 31.2 Å². The van der Waals surface area contributed by atoms with Gasteiger partial charge in [-0.25, -0.2) is 0 Å². The van der Waals surface area contributed by atoms with Crippen LogP contribution in [-0.2, 0) is 16.0 Å². The number of hydrogen-bond acceptors (Lipinski definition) is 4. The van der Waals surface area contributed by atoms with Crippen molar-refractivity contribution in [1.82, 2.24) is 0 Å². The van der Waals surface area contributed by atoms with Gasteiger partial charge in [0, 0.05) is 12.1 Å². The molecule has 1 aliphatic heterocycles. The Kier molecular flexibility index (Phi) is 5.41. The molecule has 0 radical (unpaired) electrons. The Hall–Kier alpha value is -3.02. The van der Waals surface area contributed by atoms with Gasteiger partial charge < -0.3 is 20.1 Å². The molecule has 2 amide bonds. The van der Waals surface area contributed by atoms with Crippen molar-refractivity contribution < 1.29 is 19.1 Å². The highest BCUT2D eigenvalue weighted by atomic mass is 16.5. The number of carbonyl (C=O) groups is 2. The third-order valence-corrected chi connectivity index (χ3v) is 4.09. The summed E-state index contributed by atoms with van der Waals surface area (Å²) in [6, 6.07) is 12.9. The van der Waals surface area contributed by atoms with Gasteiger partial charge in [-0.3, -0.25) is 9.59 Å². The van der Waals surface area contributed by atoms with Gasteiger partial charge in [0.1, 0.15) is 11.5 Å². The largest absolute Gasteiger partial charge is 0.494 e. The summed E-state index contributed by atoms with van der Waals surface area (Å²) in [6.45, 7) is 4.21. The topological polar surface area (TPSA) is 76.7 Å². The van der Waals surface area contributed by atoms with Gasteiger partial charge in [-0.05, 0) is 50.1 Å². The van der Waals surface area contributed by atoms with Crippen LogP contribution in [0, 0.1) is 0 Å². The van der Waals surface area contributed by atoms with Crippen LogP contribution in [-0.4, -0.2) is 24.5 Å². The summed E-state index contributed by atoms with van der Waals surface area (Å²) in [5.74, 6) is 1.10. The van der Waals surface area contributed by atoms with Gasteiger partial charge >= 0.3 is 0 Å². The molecular formula is C20H22N2O4. The molecule has 0 fully saturated rings. The lowest BCUT2D eigenvalue weighted by atomic mass is 10.1. The van der Waals surface area contributed by atoms with Crippen molar-refractivity contribution >= 4 is 23.2 Å². The molecule has 2 aromatic carbocycles. The van der Waals surface area contributed by atoms with Gasteiger partial charge in [0.15, 0.2) is 6.10 Å². The van der Waals surface area contributed by atoms with Crippen LogP contribution in [0.3, 0.4) is 0 Å². The number of hydrogen-bond donors (Lipinski definition) is 2. The first-order chi connectivity index (χ1) is 12.6. The lowest BCUT2D eigenvalue weighted by Gasteiger charge is -2.23. The number of benzene rings is 2. The van der Waals surface area contributed by atoms with Crippen LogP contribution in [0.15, 0.2) is 42.5 Å². The number of carbonyl (C=O) groups excluding carboxylic acids is 2. The molecule has 2 N–H and O–H groups in total. The Morgan fingerprint density at radius 2 is 2.08 bits per heavy atom. The summed E-state index contributed by atoms with van der Waals surface area (Å²) in [4.78, 5) is 24.0. The average molecular weight is 354 g/mol. The number of rotatable bonds is 6. The molecule has 2 aromatic rings. The number of ether oxygens (including phenoxy) is 2. The van der Waals surface area contributed by atoms with Gasteiger partial charge in [0.05, 0.1) is 12.3 Å². The Balaban J connectivity index is 1.61. The summed E-state index contributed by atoms with van der Waals surface area (Å²) in [6.07, 6.45) is 0.402. The number of amides is 2. The average Bonchev–Trinajstić information content (AvgIpc) is 2.62. The summed E-state index contributed by atoms with van der Waals surface area (Å²) >= 11 is 0. The van der Waals surface area contributed by atoms with Crippen molar-refractivity contribution in [3.8, 4) is 11.5 Å². The van der Waals surface area contributed by atoms with Crippen molar-refractivity contribution in [3.05, 3.63) is 48.0 Å². The first-order valence-corrected chi connectivity index (χ1v) is 8.69. The molecule has 1 aliphatic rings. The third-order valence-electron chi connectivity index (χ3n) is 4.09. The fourth-order valence-electron chi connectivity index (χ4n) is 2.76.